The number of anilines is 2. The zero-order chi connectivity index (χ0) is 14.9. The van der Waals surface area contributed by atoms with Crippen LogP contribution in [-0.4, -0.2) is 5.91 Å². The molecule has 0 aliphatic rings. The van der Waals surface area contributed by atoms with Crippen molar-refractivity contribution in [2.45, 2.75) is 0 Å². The summed E-state index contributed by atoms with van der Waals surface area (Å²) in [6, 6.07) is 8.07. The van der Waals surface area contributed by atoms with Crippen LogP contribution in [0.4, 0.5) is 11.4 Å². The molecule has 0 saturated carbocycles. The van der Waals surface area contributed by atoms with Gasteiger partial charge in [0, 0.05) is 4.47 Å². The van der Waals surface area contributed by atoms with E-state index >= 15 is 0 Å². The predicted octanol–water partition coefficient (Wildman–Crippen LogP) is 5.24. The van der Waals surface area contributed by atoms with Crippen molar-refractivity contribution in [2.24, 2.45) is 0 Å². The van der Waals surface area contributed by atoms with E-state index in [1.54, 1.807) is 30.3 Å². The molecule has 3 nitrogen and oxygen atoms in total. The Hall–Kier alpha value is -0.940. The fraction of sp³-hybridized carbons (Fsp3) is 0. The van der Waals surface area contributed by atoms with Crippen LogP contribution in [0.1, 0.15) is 10.4 Å². The van der Waals surface area contributed by atoms with Gasteiger partial charge in [-0.15, -0.1) is 0 Å². The van der Waals surface area contributed by atoms with Crippen LogP contribution in [0.3, 0.4) is 0 Å². The Morgan fingerprint density at radius 2 is 1.70 bits per heavy atom. The highest BCUT2D eigenvalue weighted by Crippen LogP contribution is 2.34. The first kappa shape index (κ1) is 15.4. The highest BCUT2D eigenvalue weighted by Gasteiger charge is 2.15. The second-order valence-corrected chi connectivity index (χ2v) is 6.04. The molecule has 20 heavy (non-hydrogen) atoms. The first-order chi connectivity index (χ1) is 9.40. The number of nitrogens with one attached hydrogen (secondary N) is 1. The van der Waals surface area contributed by atoms with Crippen LogP contribution in [-0.2, 0) is 0 Å². The lowest BCUT2D eigenvalue weighted by Gasteiger charge is -2.11. The van der Waals surface area contributed by atoms with Crippen molar-refractivity contribution in [1.29, 1.82) is 0 Å². The number of hydrogen-bond donors (Lipinski definition) is 2. The number of nitrogen functional groups attached to an aromatic ring is 1. The largest absolute Gasteiger partial charge is 0.397 e. The van der Waals surface area contributed by atoms with Crippen molar-refractivity contribution in [3.63, 3.8) is 0 Å². The summed E-state index contributed by atoms with van der Waals surface area (Å²) in [5, 5.41) is 3.57. The third-order valence-corrected chi connectivity index (χ3v) is 3.93. The molecule has 2 rings (SSSR count). The third kappa shape index (κ3) is 3.20. The predicted molar refractivity (Wildman–Crippen MR) is 88.0 cm³/mol. The van der Waals surface area contributed by atoms with E-state index in [1.165, 1.54) is 0 Å². The molecule has 3 N–H and O–H groups in total. The van der Waals surface area contributed by atoms with Crippen molar-refractivity contribution in [2.75, 3.05) is 11.1 Å². The molecule has 0 radical (unpaired) electrons. The average molecular weight is 394 g/mol. The number of hydrogen-bond acceptors (Lipinski definition) is 2. The number of carbonyl (C=O) groups is 1. The van der Waals surface area contributed by atoms with Crippen molar-refractivity contribution in [1.82, 2.24) is 0 Å². The molecular formula is C13H8BrCl3N2O. The van der Waals surface area contributed by atoms with Gasteiger partial charge in [0.2, 0.25) is 0 Å². The zero-order valence-corrected chi connectivity index (χ0v) is 13.7. The van der Waals surface area contributed by atoms with Crippen molar-refractivity contribution >= 4 is 68.0 Å². The second-order valence-electron chi connectivity index (χ2n) is 3.90. The molecule has 0 bridgehead atoms. The van der Waals surface area contributed by atoms with Gasteiger partial charge in [0.05, 0.1) is 32.0 Å². The highest BCUT2D eigenvalue weighted by atomic mass is 79.9. The van der Waals surface area contributed by atoms with Crippen molar-refractivity contribution < 1.29 is 4.79 Å². The van der Waals surface area contributed by atoms with Crippen molar-refractivity contribution in [3.8, 4) is 0 Å². The quantitative estimate of drug-likeness (QED) is 0.684. The molecule has 0 atom stereocenters. The molecule has 0 aliphatic heterocycles. The van der Waals surface area contributed by atoms with Gasteiger partial charge in [-0.25, -0.2) is 0 Å². The fourth-order valence-corrected chi connectivity index (χ4v) is 3.06. The van der Waals surface area contributed by atoms with Gasteiger partial charge in [0.1, 0.15) is 0 Å². The first-order valence-corrected chi connectivity index (χ1v) is 7.32. The molecule has 0 aliphatic carbocycles. The summed E-state index contributed by atoms with van der Waals surface area (Å²) in [5.74, 6) is -0.434. The maximum absolute atomic E-state index is 12.2. The van der Waals surface area contributed by atoms with Gasteiger partial charge in [0.15, 0.2) is 0 Å². The Kier molecular flexibility index (Phi) is 4.81. The molecule has 0 unspecified atom stereocenters. The standard InChI is InChI=1S/C13H8BrCl3N2O/c14-6-4-9(16)12(10(17)5-6)19-13(20)7-2-1-3-8(15)11(7)18/h1-5H,18H2,(H,19,20). The van der Waals surface area contributed by atoms with Crippen LogP contribution in [0.25, 0.3) is 0 Å². The van der Waals surface area contributed by atoms with Gasteiger partial charge in [-0.1, -0.05) is 56.8 Å². The lowest BCUT2D eigenvalue weighted by Crippen LogP contribution is -2.14. The SMILES string of the molecule is Nc1c(Cl)cccc1C(=O)Nc1c(Cl)cc(Br)cc1Cl. The first-order valence-electron chi connectivity index (χ1n) is 5.40. The minimum absolute atomic E-state index is 0.205. The Balaban J connectivity index is 2.36. The average Bonchev–Trinajstić information content (AvgIpc) is 2.36. The number of nitrogens with two attached hydrogens (primary N) is 1. The number of rotatable bonds is 2. The molecule has 2 aromatic carbocycles. The number of carbonyl (C=O) groups excluding carboxylic acids is 1. The van der Waals surface area contributed by atoms with E-state index in [9.17, 15) is 4.79 Å². The third-order valence-electron chi connectivity index (χ3n) is 2.54. The summed E-state index contributed by atoms with van der Waals surface area (Å²) in [4.78, 5) is 12.2. The maximum atomic E-state index is 12.2. The van der Waals surface area contributed by atoms with Crippen LogP contribution >= 0.6 is 50.7 Å². The van der Waals surface area contributed by atoms with E-state index < -0.39 is 5.91 Å². The maximum Gasteiger partial charge on any atom is 0.257 e. The number of amides is 1. The van der Waals surface area contributed by atoms with Crippen LogP contribution in [0.15, 0.2) is 34.8 Å². The molecular weight excluding hydrogens is 386 g/mol. The smallest absolute Gasteiger partial charge is 0.257 e. The Labute approximate surface area is 139 Å². The molecule has 1 amide bonds. The van der Waals surface area contributed by atoms with Crippen LogP contribution in [0, 0.1) is 0 Å². The molecule has 0 fully saturated rings. The zero-order valence-electron chi connectivity index (χ0n) is 9.88. The van der Waals surface area contributed by atoms with Crippen LogP contribution < -0.4 is 11.1 Å². The minimum Gasteiger partial charge on any atom is -0.397 e. The second kappa shape index (κ2) is 6.22. The van der Waals surface area contributed by atoms with Gasteiger partial charge >= 0.3 is 0 Å². The molecule has 0 spiro atoms. The molecule has 0 saturated heterocycles. The molecule has 0 aromatic heterocycles. The minimum atomic E-state index is -0.434. The number of benzene rings is 2. The van der Waals surface area contributed by atoms with E-state index in [1.807, 2.05) is 0 Å². The van der Waals surface area contributed by atoms with E-state index in [4.69, 9.17) is 40.5 Å². The number of para-hydroxylation sites is 1. The summed E-state index contributed by atoms with van der Waals surface area (Å²) in [5.41, 5.74) is 6.55. The molecule has 104 valence electrons. The summed E-state index contributed by atoms with van der Waals surface area (Å²) < 4.78 is 0.716. The van der Waals surface area contributed by atoms with Gasteiger partial charge in [0.25, 0.3) is 5.91 Å². The summed E-state index contributed by atoms with van der Waals surface area (Å²) in [6.07, 6.45) is 0. The van der Waals surface area contributed by atoms with Gasteiger partial charge in [-0.05, 0) is 24.3 Å². The van der Waals surface area contributed by atoms with E-state index in [2.05, 4.69) is 21.2 Å². The highest BCUT2D eigenvalue weighted by molar-refractivity contribution is 9.10. The van der Waals surface area contributed by atoms with Gasteiger partial charge in [-0.3, -0.25) is 4.79 Å². The molecule has 0 heterocycles. The topological polar surface area (TPSA) is 55.1 Å². The van der Waals surface area contributed by atoms with Crippen LogP contribution in [0.5, 0.6) is 0 Å². The van der Waals surface area contributed by atoms with Gasteiger partial charge < -0.3 is 11.1 Å². The summed E-state index contributed by atoms with van der Waals surface area (Å²) in [7, 11) is 0. The molecule has 2 aromatic rings. The van der Waals surface area contributed by atoms with Crippen molar-refractivity contribution in [3.05, 3.63) is 55.4 Å². The van der Waals surface area contributed by atoms with E-state index in [-0.39, 0.29) is 11.3 Å². The van der Waals surface area contributed by atoms with Crippen LogP contribution in [0.2, 0.25) is 15.1 Å². The molecule has 7 heteroatoms. The van der Waals surface area contributed by atoms with Gasteiger partial charge in [-0.2, -0.15) is 0 Å². The summed E-state index contributed by atoms with van der Waals surface area (Å²) >= 11 is 21.2. The lowest BCUT2D eigenvalue weighted by atomic mass is 10.1. The van der Waals surface area contributed by atoms with E-state index in [0.717, 1.165) is 0 Å². The Morgan fingerprint density at radius 3 is 2.30 bits per heavy atom. The normalized spacial score (nSPS) is 10.4. The lowest BCUT2D eigenvalue weighted by molar-refractivity contribution is 0.102. The monoisotopic (exact) mass is 392 g/mol. The fourth-order valence-electron chi connectivity index (χ4n) is 1.58. The Morgan fingerprint density at radius 1 is 1.10 bits per heavy atom. The number of halogens is 4. The van der Waals surface area contributed by atoms with E-state index in [0.29, 0.717) is 25.2 Å². The summed E-state index contributed by atoms with van der Waals surface area (Å²) in [6.45, 7) is 0. The Bertz CT molecular complexity index is 668.